The van der Waals surface area contributed by atoms with E-state index in [0.717, 1.165) is 21.7 Å². The number of aryl methyl sites for hydroxylation is 2. The molecule has 132 valence electrons. The first-order chi connectivity index (χ1) is 12.7. The maximum Gasteiger partial charge on any atom is 0.257 e. The third-order valence-corrected chi connectivity index (χ3v) is 4.86. The number of amides is 1. The average Bonchev–Trinajstić information content (AvgIpc) is 3.36. The van der Waals surface area contributed by atoms with Gasteiger partial charge in [-0.15, -0.1) is 21.5 Å². The Balaban J connectivity index is 1.29. The van der Waals surface area contributed by atoms with Crippen LogP contribution in [0, 0.1) is 6.92 Å². The Labute approximate surface area is 153 Å². The molecular weight excluding hydrogens is 350 g/mol. The lowest BCUT2D eigenvalue weighted by molar-refractivity contribution is -0.121. The molecule has 1 amide bonds. The highest BCUT2D eigenvalue weighted by Gasteiger charge is 2.12. The minimum absolute atomic E-state index is 0.0859. The fourth-order valence-corrected chi connectivity index (χ4v) is 3.37. The quantitative estimate of drug-likeness (QED) is 0.545. The van der Waals surface area contributed by atoms with Crippen molar-refractivity contribution in [1.82, 2.24) is 25.5 Å². The molecule has 0 aliphatic heterocycles. The topological polar surface area (TPSA) is 96.7 Å². The van der Waals surface area contributed by atoms with Crippen molar-refractivity contribution in [3.05, 3.63) is 53.0 Å². The van der Waals surface area contributed by atoms with E-state index < -0.39 is 0 Å². The molecule has 4 rings (SSSR count). The molecule has 0 unspecified atom stereocenters. The summed E-state index contributed by atoms with van der Waals surface area (Å²) in [5, 5.41) is 10.9. The van der Waals surface area contributed by atoms with Gasteiger partial charge in [0.25, 0.3) is 5.89 Å². The molecule has 8 heteroatoms. The number of hydrogen-bond donors (Lipinski definition) is 2. The van der Waals surface area contributed by atoms with Crippen molar-refractivity contribution in [2.75, 3.05) is 0 Å². The van der Waals surface area contributed by atoms with Crippen LogP contribution in [0.1, 0.15) is 23.0 Å². The van der Waals surface area contributed by atoms with Gasteiger partial charge in [0.15, 0.2) is 0 Å². The largest absolute Gasteiger partial charge is 0.420 e. The SMILES string of the molecule is Cc1ccc(-c2nnc(CCC(=O)NCc3nc4ccccc4[nH]3)o2)s1. The second-order valence-corrected chi connectivity index (χ2v) is 7.18. The number of carbonyl (C=O) groups excluding carboxylic acids is 1. The number of benzene rings is 1. The summed E-state index contributed by atoms with van der Waals surface area (Å²) in [7, 11) is 0. The van der Waals surface area contributed by atoms with E-state index in [1.807, 2.05) is 43.3 Å². The van der Waals surface area contributed by atoms with Crippen molar-refractivity contribution in [3.63, 3.8) is 0 Å². The van der Waals surface area contributed by atoms with E-state index in [-0.39, 0.29) is 12.3 Å². The zero-order valence-electron chi connectivity index (χ0n) is 14.2. The number of carbonyl (C=O) groups is 1. The molecule has 7 nitrogen and oxygen atoms in total. The summed E-state index contributed by atoms with van der Waals surface area (Å²) in [6.45, 7) is 2.38. The van der Waals surface area contributed by atoms with Gasteiger partial charge in [0, 0.05) is 17.7 Å². The number of rotatable bonds is 6. The van der Waals surface area contributed by atoms with Gasteiger partial charge in [-0.05, 0) is 31.2 Å². The molecule has 0 fully saturated rings. The Morgan fingerprint density at radius 3 is 2.92 bits per heavy atom. The summed E-state index contributed by atoms with van der Waals surface area (Å²) in [4.78, 5) is 21.8. The van der Waals surface area contributed by atoms with Crippen LogP contribution >= 0.6 is 11.3 Å². The maximum atomic E-state index is 12.0. The summed E-state index contributed by atoms with van der Waals surface area (Å²) < 4.78 is 5.63. The molecule has 3 aromatic heterocycles. The monoisotopic (exact) mass is 367 g/mol. The summed E-state index contributed by atoms with van der Waals surface area (Å²) in [5.41, 5.74) is 1.85. The van der Waals surface area contributed by atoms with Crippen LogP contribution in [0.15, 0.2) is 40.8 Å². The van der Waals surface area contributed by atoms with Crippen LogP contribution < -0.4 is 5.32 Å². The smallest absolute Gasteiger partial charge is 0.257 e. The minimum Gasteiger partial charge on any atom is -0.420 e. The molecule has 4 aromatic rings. The van der Waals surface area contributed by atoms with E-state index in [9.17, 15) is 4.79 Å². The van der Waals surface area contributed by atoms with E-state index in [1.165, 1.54) is 4.88 Å². The molecule has 2 N–H and O–H groups in total. The fraction of sp³-hybridized carbons (Fsp3) is 0.222. The van der Waals surface area contributed by atoms with Crippen LogP contribution in [0.4, 0.5) is 0 Å². The Bertz CT molecular complexity index is 1020. The Kier molecular flexibility index (Phi) is 4.49. The van der Waals surface area contributed by atoms with Crippen molar-refractivity contribution in [2.45, 2.75) is 26.3 Å². The number of aromatic nitrogens is 4. The lowest BCUT2D eigenvalue weighted by Crippen LogP contribution is -2.23. The van der Waals surface area contributed by atoms with Gasteiger partial charge in [0.05, 0.1) is 22.5 Å². The molecule has 0 aliphatic rings. The van der Waals surface area contributed by atoms with E-state index in [1.54, 1.807) is 11.3 Å². The van der Waals surface area contributed by atoms with Crippen LogP contribution in [0.25, 0.3) is 21.8 Å². The highest BCUT2D eigenvalue weighted by Crippen LogP contribution is 2.26. The van der Waals surface area contributed by atoms with E-state index in [2.05, 4.69) is 25.5 Å². The first-order valence-corrected chi connectivity index (χ1v) is 9.08. The van der Waals surface area contributed by atoms with E-state index in [0.29, 0.717) is 24.7 Å². The summed E-state index contributed by atoms with van der Waals surface area (Å²) in [6.07, 6.45) is 0.689. The number of para-hydroxylation sites is 2. The van der Waals surface area contributed by atoms with Crippen LogP contribution in [-0.2, 0) is 17.8 Å². The van der Waals surface area contributed by atoms with Gasteiger partial charge in [-0.25, -0.2) is 4.98 Å². The second kappa shape index (κ2) is 7.09. The van der Waals surface area contributed by atoms with Crippen molar-refractivity contribution in [2.24, 2.45) is 0 Å². The van der Waals surface area contributed by atoms with E-state index in [4.69, 9.17) is 4.42 Å². The molecule has 0 spiro atoms. The van der Waals surface area contributed by atoms with Gasteiger partial charge in [-0.1, -0.05) is 12.1 Å². The highest BCUT2D eigenvalue weighted by atomic mass is 32.1. The predicted molar refractivity (Wildman–Crippen MR) is 98.6 cm³/mol. The Morgan fingerprint density at radius 2 is 2.12 bits per heavy atom. The number of H-pyrrole nitrogens is 1. The molecule has 1 aromatic carbocycles. The highest BCUT2D eigenvalue weighted by molar-refractivity contribution is 7.15. The second-order valence-electron chi connectivity index (χ2n) is 5.89. The predicted octanol–water partition coefficient (Wildman–Crippen LogP) is 3.23. The zero-order valence-corrected chi connectivity index (χ0v) is 15.0. The normalized spacial score (nSPS) is 11.1. The molecular formula is C18H17N5O2S. The number of aromatic amines is 1. The number of fused-ring (bicyclic) bond motifs is 1. The average molecular weight is 367 g/mol. The molecule has 0 radical (unpaired) electrons. The van der Waals surface area contributed by atoms with Crippen molar-refractivity contribution < 1.29 is 9.21 Å². The van der Waals surface area contributed by atoms with Crippen molar-refractivity contribution >= 4 is 28.3 Å². The standard InChI is InChI=1S/C18H17N5O2S/c1-11-6-7-14(26-11)18-23-22-17(25-18)9-8-16(24)19-10-15-20-12-4-2-3-5-13(12)21-15/h2-7H,8-10H2,1H3,(H,19,24)(H,20,21). The molecule has 3 heterocycles. The molecule has 0 atom stereocenters. The third-order valence-electron chi connectivity index (χ3n) is 3.88. The van der Waals surface area contributed by atoms with Gasteiger partial charge in [0.2, 0.25) is 11.8 Å². The Morgan fingerprint density at radius 1 is 1.23 bits per heavy atom. The van der Waals surface area contributed by atoms with Gasteiger partial charge in [-0.2, -0.15) is 0 Å². The number of hydrogen-bond acceptors (Lipinski definition) is 6. The molecule has 0 saturated heterocycles. The maximum absolute atomic E-state index is 12.0. The van der Waals surface area contributed by atoms with Gasteiger partial charge in [-0.3, -0.25) is 4.79 Å². The fourth-order valence-electron chi connectivity index (χ4n) is 2.58. The number of nitrogens with zero attached hydrogens (tertiary/aromatic N) is 3. The lowest BCUT2D eigenvalue weighted by Gasteiger charge is -2.01. The number of nitrogens with one attached hydrogen (secondary N) is 2. The molecule has 26 heavy (non-hydrogen) atoms. The van der Waals surface area contributed by atoms with Gasteiger partial charge in [0.1, 0.15) is 5.82 Å². The number of imidazole rings is 1. The summed E-state index contributed by atoms with van der Waals surface area (Å²) >= 11 is 1.60. The minimum atomic E-state index is -0.0859. The third kappa shape index (κ3) is 3.65. The number of thiophene rings is 1. The van der Waals surface area contributed by atoms with Crippen LogP contribution in [-0.4, -0.2) is 26.1 Å². The Hall–Kier alpha value is -3.00. The van der Waals surface area contributed by atoms with Crippen LogP contribution in [0.2, 0.25) is 0 Å². The zero-order chi connectivity index (χ0) is 17.9. The van der Waals surface area contributed by atoms with Gasteiger partial charge < -0.3 is 14.7 Å². The van der Waals surface area contributed by atoms with Crippen molar-refractivity contribution in [3.8, 4) is 10.8 Å². The van der Waals surface area contributed by atoms with Crippen LogP contribution in [0.3, 0.4) is 0 Å². The molecule has 0 bridgehead atoms. The lowest BCUT2D eigenvalue weighted by atomic mass is 10.3. The van der Waals surface area contributed by atoms with Crippen LogP contribution in [0.5, 0.6) is 0 Å². The van der Waals surface area contributed by atoms with E-state index >= 15 is 0 Å². The first kappa shape index (κ1) is 16.5. The molecule has 0 aliphatic carbocycles. The summed E-state index contributed by atoms with van der Waals surface area (Å²) in [6, 6.07) is 11.7. The van der Waals surface area contributed by atoms with Gasteiger partial charge >= 0.3 is 0 Å². The van der Waals surface area contributed by atoms with Crippen molar-refractivity contribution in [1.29, 1.82) is 0 Å². The molecule has 0 saturated carbocycles. The summed E-state index contributed by atoms with van der Waals surface area (Å²) in [5.74, 6) is 1.61. The first-order valence-electron chi connectivity index (χ1n) is 8.27.